The van der Waals surface area contributed by atoms with Crippen LogP contribution in [-0.2, 0) is 10.9 Å². The van der Waals surface area contributed by atoms with Gasteiger partial charge in [0, 0.05) is 13.1 Å². The third-order valence-corrected chi connectivity index (χ3v) is 2.19. The second-order valence-corrected chi connectivity index (χ2v) is 4.14. The standard InChI is InChI=1S/C11H17F3N4O/c1-18(2)6-8-19-7-5-15-10-4-3-9(16-17-10)11(12,13)14/h3-4H,5-8H2,1-2H3,(H,15,17). The van der Waals surface area contributed by atoms with Crippen molar-refractivity contribution >= 4 is 5.82 Å². The maximum Gasteiger partial charge on any atom is 0.435 e. The molecule has 0 saturated carbocycles. The Balaban J connectivity index is 2.23. The molecule has 19 heavy (non-hydrogen) atoms. The topological polar surface area (TPSA) is 50.3 Å². The number of halogens is 3. The molecule has 1 heterocycles. The fourth-order valence-electron chi connectivity index (χ4n) is 1.18. The highest BCUT2D eigenvalue weighted by Crippen LogP contribution is 2.26. The van der Waals surface area contributed by atoms with Gasteiger partial charge in [-0.25, -0.2) is 0 Å². The lowest BCUT2D eigenvalue weighted by atomic mass is 10.4. The summed E-state index contributed by atoms with van der Waals surface area (Å²) in [5, 5.41) is 9.38. The minimum atomic E-state index is -4.46. The molecule has 0 amide bonds. The van der Waals surface area contributed by atoms with Gasteiger partial charge in [0.15, 0.2) is 5.69 Å². The van der Waals surface area contributed by atoms with Crippen LogP contribution < -0.4 is 5.32 Å². The van der Waals surface area contributed by atoms with E-state index < -0.39 is 11.9 Å². The lowest BCUT2D eigenvalue weighted by Crippen LogP contribution is -2.20. The zero-order chi connectivity index (χ0) is 14.3. The number of ether oxygens (including phenoxy) is 1. The summed E-state index contributed by atoms with van der Waals surface area (Å²) >= 11 is 0. The first-order valence-corrected chi connectivity index (χ1v) is 5.77. The van der Waals surface area contributed by atoms with Gasteiger partial charge in [-0.15, -0.1) is 10.2 Å². The summed E-state index contributed by atoms with van der Waals surface area (Å²) in [7, 11) is 3.89. The summed E-state index contributed by atoms with van der Waals surface area (Å²) in [5.74, 6) is 0.296. The number of likely N-dealkylation sites (N-methyl/N-ethyl adjacent to an activating group) is 1. The summed E-state index contributed by atoms with van der Waals surface area (Å²) in [4.78, 5) is 1.99. The van der Waals surface area contributed by atoms with Crippen molar-refractivity contribution in [3.8, 4) is 0 Å². The Morgan fingerprint density at radius 2 is 1.95 bits per heavy atom. The van der Waals surface area contributed by atoms with Crippen LogP contribution in [0.1, 0.15) is 5.69 Å². The van der Waals surface area contributed by atoms with Crippen LogP contribution in [0.5, 0.6) is 0 Å². The van der Waals surface area contributed by atoms with E-state index >= 15 is 0 Å². The first-order chi connectivity index (χ1) is 8.89. The van der Waals surface area contributed by atoms with Gasteiger partial charge < -0.3 is 15.0 Å². The van der Waals surface area contributed by atoms with Crippen molar-refractivity contribution < 1.29 is 17.9 Å². The van der Waals surface area contributed by atoms with Gasteiger partial charge in [0.25, 0.3) is 0 Å². The molecule has 0 aliphatic heterocycles. The number of hydrogen-bond donors (Lipinski definition) is 1. The number of aromatic nitrogens is 2. The molecule has 0 aliphatic carbocycles. The molecule has 8 heteroatoms. The highest BCUT2D eigenvalue weighted by atomic mass is 19.4. The third kappa shape index (κ3) is 6.35. The molecule has 0 radical (unpaired) electrons. The van der Waals surface area contributed by atoms with Gasteiger partial charge in [0.1, 0.15) is 5.82 Å². The van der Waals surface area contributed by atoms with E-state index in [0.717, 1.165) is 12.6 Å². The lowest BCUT2D eigenvalue weighted by molar-refractivity contribution is -0.141. The number of alkyl halides is 3. The molecule has 0 fully saturated rings. The van der Waals surface area contributed by atoms with Crippen LogP contribution in [0.3, 0.4) is 0 Å². The minimum Gasteiger partial charge on any atom is -0.378 e. The predicted molar refractivity (Wildman–Crippen MR) is 64.9 cm³/mol. The van der Waals surface area contributed by atoms with E-state index in [1.807, 2.05) is 19.0 Å². The van der Waals surface area contributed by atoms with Crippen molar-refractivity contribution in [1.29, 1.82) is 0 Å². The largest absolute Gasteiger partial charge is 0.435 e. The van der Waals surface area contributed by atoms with E-state index in [-0.39, 0.29) is 0 Å². The molecule has 0 aromatic carbocycles. The highest BCUT2D eigenvalue weighted by molar-refractivity contribution is 5.33. The maximum absolute atomic E-state index is 12.2. The highest BCUT2D eigenvalue weighted by Gasteiger charge is 2.32. The van der Waals surface area contributed by atoms with Crippen LogP contribution in [0.4, 0.5) is 19.0 Å². The quantitative estimate of drug-likeness (QED) is 0.766. The first-order valence-electron chi connectivity index (χ1n) is 5.77. The maximum atomic E-state index is 12.2. The molecule has 108 valence electrons. The normalized spacial score (nSPS) is 11.9. The van der Waals surface area contributed by atoms with Gasteiger partial charge in [0.2, 0.25) is 0 Å². The Hall–Kier alpha value is -1.41. The molecular weight excluding hydrogens is 261 g/mol. The molecule has 0 aliphatic rings. The molecule has 0 spiro atoms. The van der Waals surface area contributed by atoms with Crippen LogP contribution in [-0.4, -0.2) is 55.5 Å². The molecule has 5 nitrogen and oxygen atoms in total. The van der Waals surface area contributed by atoms with Gasteiger partial charge in [-0.2, -0.15) is 13.2 Å². The fourth-order valence-corrected chi connectivity index (χ4v) is 1.18. The van der Waals surface area contributed by atoms with E-state index in [2.05, 4.69) is 15.5 Å². The number of anilines is 1. The number of rotatable bonds is 7. The van der Waals surface area contributed by atoms with Crippen LogP contribution in [0.2, 0.25) is 0 Å². The van der Waals surface area contributed by atoms with Crippen molar-refractivity contribution in [2.45, 2.75) is 6.18 Å². The molecule has 0 unspecified atom stereocenters. The SMILES string of the molecule is CN(C)CCOCCNc1ccc(C(F)(F)F)nn1. The van der Waals surface area contributed by atoms with E-state index in [4.69, 9.17) is 4.74 Å². The van der Waals surface area contributed by atoms with Gasteiger partial charge in [-0.1, -0.05) is 0 Å². The summed E-state index contributed by atoms with van der Waals surface area (Å²) in [6.07, 6.45) is -4.46. The van der Waals surface area contributed by atoms with Crippen molar-refractivity contribution in [2.24, 2.45) is 0 Å². The second kappa shape index (κ2) is 7.25. The zero-order valence-electron chi connectivity index (χ0n) is 10.9. The molecule has 0 atom stereocenters. The van der Waals surface area contributed by atoms with Crippen molar-refractivity contribution in [3.05, 3.63) is 17.8 Å². The van der Waals surface area contributed by atoms with Crippen LogP contribution in [0, 0.1) is 0 Å². The monoisotopic (exact) mass is 278 g/mol. The zero-order valence-corrected chi connectivity index (χ0v) is 10.9. The van der Waals surface area contributed by atoms with Crippen molar-refractivity contribution in [3.63, 3.8) is 0 Å². The summed E-state index contributed by atoms with van der Waals surface area (Å²) < 4.78 is 42.0. The fraction of sp³-hybridized carbons (Fsp3) is 0.636. The summed E-state index contributed by atoms with van der Waals surface area (Å²) in [5.41, 5.74) is -1.000. The number of nitrogens with zero attached hydrogens (tertiary/aromatic N) is 3. The average molecular weight is 278 g/mol. The molecular formula is C11H17F3N4O. The minimum absolute atomic E-state index is 0.296. The Labute approximate surface area is 109 Å². The van der Waals surface area contributed by atoms with Gasteiger partial charge >= 0.3 is 6.18 Å². The Kier molecular flexibility index (Phi) is 5.97. The number of nitrogens with one attached hydrogen (secondary N) is 1. The Bertz CT molecular complexity index is 367. The summed E-state index contributed by atoms with van der Waals surface area (Å²) in [6, 6.07) is 2.14. The van der Waals surface area contributed by atoms with E-state index in [9.17, 15) is 13.2 Å². The van der Waals surface area contributed by atoms with Crippen LogP contribution >= 0.6 is 0 Å². The average Bonchev–Trinajstić information content (AvgIpc) is 2.32. The Morgan fingerprint density at radius 3 is 2.47 bits per heavy atom. The Morgan fingerprint density at radius 1 is 1.21 bits per heavy atom. The second-order valence-electron chi connectivity index (χ2n) is 4.14. The van der Waals surface area contributed by atoms with E-state index in [0.29, 0.717) is 25.6 Å². The molecule has 1 N–H and O–H groups in total. The van der Waals surface area contributed by atoms with E-state index in [1.165, 1.54) is 6.07 Å². The summed E-state index contributed by atoms with van der Waals surface area (Å²) in [6.45, 7) is 2.34. The predicted octanol–water partition coefficient (Wildman–Crippen LogP) is 1.49. The van der Waals surface area contributed by atoms with Gasteiger partial charge in [0.05, 0.1) is 13.2 Å². The smallest absolute Gasteiger partial charge is 0.378 e. The number of hydrogen-bond acceptors (Lipinski definition) is 5. The molecule has 1 aromatic heterocycles. The molecule has 1 rings (SSSR count). The third-order valence-electron chi connectivity index (χ3n) is 2.19. The molecule has 0 bridgehead atoms. The van der Waals surface area contributed by atoms with Gasteiger partial charge in [-0.05, 0) is 26.2 Å². The van der Waals surface area contributed by atoms with Crippen LogP contribution in [0.25, 0.3) is 0 Å². The van der Waals surface area contributed by atoms with Crippen molar-refractivity contribution in [1.82, 2.24) is 15.1 Å². The van der Waals surface area contributed by atoms with Crippen molar-refractivity contribution in [2.75, 3.05) is 45.7 Å². The van der Waals surface area contributed by atoms with Gasteiger partial charge in [-0.3, -0.25) is 0 Å². The van der Waals surface area contributed by atoms with E-state index in [1.54, 1.807) is 0 Å². The molecule has 1 aromatic rings. The molecule has 0 saturated heterocycles. The van der Waals surface area contributed by atoms with Crippen LogP contribution in [0.15, 0.2) is 12.1 Å². The first kappa shape index (κ1) is 15.6. The lowest BCUT2D eigenvalue weighted by Gasteiger charge is -2.10.